The average Bonchev–Trinajstić information content (AvgIpc) is 3.08. The number of methoxy groups -OCH3 is 1. The van der Waals surface area contributed by atoms with Crippen LogP contribution in [0.4, 0.5) is 0 Å². The number of hydrogen-bond acceptors (Lipinski definition) is 2. The Balaban J connectivity index is 1.54. The molecular formula is C17H21NO2. The maximum Gasteiger partial charge on any atom is 0.244 e. The van der Waals surface area contributed by atoms with Crippen molar-refractivity contribution in [3.63, 3.8) is 0 Å². The highest BCUT2D eigenvalue weighted by Crippen LogP contribution is 2.44. The summed E-state index contributed by atoms with van der Waals surface area (Å²) >= 11 is 0. The van der Waals surface area contributed by atoms with Gasteiger partial charge in [-0.3, -0.25) is 4.79 Å². The topological polar surface area (TPSA) is 38.3 Å². The summed E-state index contributed by atoms with van der Waals surface area (Å²) in [6, 6.07) is 8.09. The van der Waals surface area contributed by atoms with Crippen LogP contribution in [0.15, 0.2) is 30.3 Å². The second-order valence-electron chi connectivity index (χ2n) is 5.90. The van der Waals surface area contributed by atoms with Gasteiger partial charge in [-0.2, -0.15) is 0 Å². The third kappa shape index (κ3) is 2.87. The average molecular weight is 271 g/mol. The van der Waals surface area contributed by atoms with Crippen LogP contribution in [0.2, 0.25) is 0 Å². The minimum atomic E-state index is 0.0263. The van der Waals surface area contributed by atoms with Crippen LogP contribution in [0, 0.1) is 11.8 Å². The van der Waals surface area contributed by atoms with E-state index in [-0.39, 0.29) is 5.91 Å². The van der Waals surface area contributed by atoms with Crippen molar-refractivity contribution in [2.24, 2.45) is 11.8 Å². The lowest BCUT2D eigenvalue weighted by Gasteiger charge is -2.22. The van der Waals surface area contributed by atoms with E-state index >= 15 is 0 Å². The molecule has 1 aromatic rings. The summed E-state index contributed by atoms with van der Waals surface area (Å²) in [4.78, 5) is 11.9. The Morgan fingerprint density at radius 2 is 2.05 bits per heavy atom. The number of hydrogen-bond donors (Lipinski definition) is 1. The first-order valence-corrected chi connectivity index (χ1v) is 7.37. The minimum Gasteiger partial charge on any atom is -0.497 e. The van der Waals surface area contributed by atoms with Crippen LogP contribution >= 0.6 is 0 Å². The molecular weight excluding hydrogens is 250 g/mol. The standard InChI is InChI=1S/C17H21NO2/c1-20-15-7-3-12(4-8-15)5-9-17(19)18-16-11-13-2-6-14(16)10-13/h3-5,7-9,13-14,16H,2,6,10-11H2,1H3,(H,18,19)/t13-,14+,16+/m0/s1. The summed E-state index contributed by atoms with van der Waals surface area (Å²) in [6.45, 7) is 0. The maximum atomic E-state index is 11.9. The molecule has 1 N–H and O–H groups in total. The summed E-state index contributed by atoms with van der Waals surface area (Å²) in [6.07, 6.45) is 8.62. The summed E-state index contributed by atoms with van der Waals surface area (Å²) in [5.41, 5.74) is 1.01. The van der Waals surface area contributed by atoms with E-state index in [2.05, 4.69) is 5.32 Å². The van der Waals surface area contributed by atoms with Crippen molar-refractivity contribution < 1.29 is 9.53 Å². The fourth-order valence-electron chi connectivity index (χ4n) is 3.54. The van der Waals surface area contributed by atoms with Crippen molar-refractivity contribution in [1.82, 2.24) is 5.32 Å². The van der Waals surface area contributed by atoms with Gasteiger partial charge in [-0.05, 0) is 54.9 Å². The molecule has 0 aliphatic heterocycles. The fourth-order valence-corrected chi connectivity index (χ4v) is 3.54. The lowest BCUT2D eigenvalue weighted by molar-refractivity contribution is -0.117. The molecule has 2 bridgehead atoms. The maximum absolute atomic E-state index is 11.9. The molecule has 1 aromatic carbocycles. The van der Waals surface area contributed by atoms with E-state index in [9.17, 15) is 4.79 Å². The molecule has 3 heteroatoms. The summed E-state index contributed by atoms with van der Waals surface area (Å²) in [5.74, 6) is 2.43. The highest BCUT2D eigenvalue weighted by molar-refractivity contribution is 5.91. The molecule has 0 heterocycles. The summed E-state index contributed by atoms with van der Waals surface area (Å²) in [5, 5.41) is 3.15. The molecule has 106 valence electrons. The van der Waals surface area contributed by atoms with Crippen LogP contribution in [0.3, 0.4) is 0 Å². The van der Waals surface area contributed by atoms with Gasteiger partial charge in [0.15, 0.2) is 0 Å². The Morgan fingerprint density at radius 3 is 2.65 bits per heavy atom. The molecule has 2 aliphatic rings. The van der Waals surface area contributed by atoms with E-state index in [1.807, 2.05) is 30.3 Å². The van der Waals surface area contributed by atoms with Crippen LogP contribution in [0.1, 0.15) is 31.2 Å². The van der Waals surface area contributed by atoms with Gasteiger partial charge in [-0.25, -0.2) is 0 Å². The molecule has 20 heavy (non-hydrogen) atoms. The third-order valence-corrected chi connectivity index (χ3v) is 4.61. The number of amides is 1. The Morgan fingerprint density at radius 1 is 1.25 bits per heavy atom. The first-order chi connectivity index (χ1) is 9.74. The predicted octanol–water partition coefficient (Wildman–Crippen LogP) is 3.01. The zero-order chi connectivity index (χ0) is 13.9. The Kier molecular flexibility index (Phi) is 3.77. The first kappa shape index (κ1) is 13.2. The summed E-state index contributed by atoms with van der Waals surface area (Å²) in [7, 11) is 1.65. The van der Waals surface area contributed by atoms with Crippen molar-refractivity contribution in [2.75, 3.05) is 7.11 Å². The number of fused-ring (bicyclic) bond motifs is 2. The molecule has 0 radical (unpaired) electrons. The zero-order valence-corrected chi connectivity index (χ0v) is 11.8. The van der Waals surface area contributed by atoms with Crippen molar-refractivity contribution in [3.8, 4) is 5.75 Å². The second kappa shape index (κ2) is 5.70. The molecule has 3 nitrogen and oxygen atoms in total. The van der Waals surface area contributed by atoms with Gasteiger partial charge in [0.1, 0.15) is 5.75 Å². The number of carbonyl (C=O) groups is 1. The van der Waals surface area contributed by atoms with Crippen molar-refractivity contribution in [2.45, 2.75) is 31.7 Å². The quantitative estimate of drug-likeness (QED) is 0.855. The van der Waals surface area contributed by atoms with Gasteiger partial charge >= 0.3 is 0 Å². The highest BCUT2D eigenvalue weighted by atomic mass is 16.5. The Labute approximate surface area is 120 Å². The van der Waals surface area contributed by atoms with Crippen LogP contribution in [-0.4, -0.2) is 19.1 Å². The molecule has 0 saturated heterocycles. The molecule has 0 spiro atoms. The first-order valence-electron chi connectivity index (χ1n) is 7.37. The SMILES string of the molecule is COc1ccc(C=CC(=O)N[C@@H]2C[C@H]3CC[C@@H]2C3)cc1. The molecule has 2 fully saturated rings. The van der Waals surface area contributed by atoms with Crippen LogP contribution in [0.25, 0.3) is 6.08 Å². The number of nitrogens with one attached hydrogen (secondary N) is 1. The van der Waals surface area contributed by atoms with E-state index in [0.717, 1.165) is 23.1 Å². The largest absolute Gasteiger partial charge is 0.497 e. The van der Waals surface area contributed by atoms with E-state index in [4.69, 9.17) is 4.74 Å². The van der Waals surface area contributed by atoms with E-state index in [1.54, 1.807) is 13.2 Å². The van der Waals surface area contributed by atoms with E-state index in [1.165, 1.54) is 25.7 Å². The normalized spacial score (nSPS) is 27.9. The molecule has 2 saturated carbocycles. The van der Waals surface area contributed by atoms with E-state index < -0.39 is 0 Å². The Hall–Kier alpha value is -1.77. The molecule has 3 atom stereocenters. The third-order valence-electron chi connectivity index (χ3n) is 4.61. The molecule has 0 unspecified atom stereocenters. The van der Waals surface area contributed by atoms with Crippen molar-refractivity contribution in [1.29, 1.82) is 0 Å². The predicted molar refractivity (Wildman–Crippen MR) is 79.4 cm³/mol. The zero-order valence-electron chi connectivity index (χ0n) is 11.8. The van der Waals surface area contributed by atoms with Gasteiger partial charge in [0, 0.05) is 12.1 Å². The van der Waals surface area contributed by atoms with Crippen LogP contribution in [0.5, 0.6) is 5.75 Å². The number of benzene rings is 1. The minimum absolute atomic E-state index is 0.0263. The fraction of sp³-hybridized carbons (Fsp3) is 0.471. The summed E-state index contributed by atoms with van der Waals surface area (Å²) < 4.78 is 5.11. The van der Waals surface area contributed by atoms with Gasteiger partial charge in [0.05, 0.1) is 7.11 Å². The molecule has 1 amide bonds. The van der Waals surface area contributed by atoms with E-state index in [0.29, 0.717) is 6.04 Å². The molecule has 3 rings (SSSR count). The van der Waals surface area contributed by atoms with Crippen LogP contribution in [-0.2, 0) is 4.79 Å². The highest BCUT2D eigenvalue weighted by Gasteiger charge is 2.39. The molecule has 2 aliphatic carbocycles. The second-order valence-corrected chi connectivity index (χ2v) is 5.90. The lowest BCUT2D eigenvalue weighted by atomic mass is 9.95. The number of carbonyl (C=O) groups excluding carboxylic acids is 1. The Bertz CT molecular complexity index is 506. The van der Waals surface area contributed by atoms with Gasteiger partial charge in [-0.1, -0.05) is 18.6 Å². The van der Waals surface area contributed by atoms with Gasteiger partial charge < -0.3 is 10.1 Å². The van der Waals surface area contributed by atoms with Gasteiger partial charge in [-0.15, -0.1) is 0 Å². The van der Waals surface area contributed by atoms with Gasteiger partial charge in [0.2, 0.25) is 5.91 Å². The number of rotatable bonds is 4. The van der Waals surface area contributed by atoms with Gasteiger partial charge in [0.25, 0.3) is 0 Å². The monoisotopic (exact) mass is 271 g/mol. The van der Waals surface area contributed by atoms with Crippen LogP contribution < -0.4 is 10.1 Å². The van der Waals surface area contributed by atoms with Crippen molar-refractivity contribution in [3.05, 3.63) is 35.9 Å². The van der Waals surface area contributed by atoms with Crippen molar-refractivity contribution >= 4 is 12.0 Å². The smallest absolute Gasteiger partial charge is 0.244 e. The molecule has 0 aromatic heterocycles. The lowest BCUT2D eigenvalue weighted by Crippen LogP contribution is -2.37. The number of ether oxygens (including phenoxy) is 1.